The SMILES string of the molecule is CCOC(OCC)C(CC1CCCc2ccccc21)NC. The average Bonchev–Trinajstić information content (AvgIpc) is 2.52. The Labute approximate surface area is 129 Å². The highest BCUT2D eigenvalue weighted by Gasteiger charge is 2.27. The lowest BCUT2D eigenvalue weighted by Gasteiger charge is -2.32. The van der Waals surface area contributed by atoms with Crippen molar-refractivity contribution in [2.45, 2.75) is 57.8 Å². The van der Waals surface area contributed by atoms with Gasteiger partial charge < -0.3 is 14.8 Å². The lowest BCUT2D eigenvalue weighted by atomic mass is 9.79. The van der Waals surface area contributed by atoms with E-state index in [4.69, 9.17) is 9.47 Å². The highest BCUT2D eigenvalue weighted by molar-refractivity contribution is 5.32. The molecule has 118 valence electrons. The van der Waals surface area contributed by atoms with E-state index >= 15 is 0 Å². The van der Waals surface area contributed by atoms with E-state index in [-0.39, 0.29) is 12.3 Å². The summed E-state index contributed by atoms with van der Waals surface area (Å²) in [6, 6.07) is 9.12. The molecule has 21 heavy (non-hydrogen) atoms. The third kappa shape index (κ3) is 4.29. The molecule has 0 bridgehead atoms. The fourth-order valence-electron chi connectivity index (χ4n) is 3.38. The summed E-state index contributed by atoms with van der Waals surface area (Å²) in [4.78, 5) is 0. The van der Waals surface area contributed by atoms with E-state index < -0.39 is 0 Å². The minimum Gasteiger partial charge on any atom is -0.351 e. The number of hydrogen-bond acceptors (Lipinski definition) is 3. The van der Waals surface area contributed by atoms with E-state index in [9.17, 15) is 0 Å². The first kappa shape index (κ1) is 16.5. The Morgan fingerprint density at radius 1 is 1.19 bits per heavy atom. The van der Waals surface area contributed by atoms with Gasteiger partial charge in [-0.2, -0.15) is 0 Å². The molecule has 0 amide bonds. The molecule has 1 aromatic rings. The number of nitrogens with one attached hydrogen (secondary N) is 1. The van der Waals surface area contributed by atoms with E-state index in [2.05, 4.69) is 29.6 Å². The molecule has 0 radical (unpaired) electrons. The lowest BCUT2D eigenvalue weighted by Crippen LogP contribution is -2.42. The topological polar surface area (TPSA) is 30.5 Å². The molecule has 1 aliphatic rings. The largest absolute Gasteiger partial charge is 0.351 e. The second kappa shape index (κ2) is 8.52. The van der Waals surface area contributed by atoms with Gasteiger partial charge in [0.1, 0.15) is 0 Å². The van der Waals surface area contributed by atoms with Crippen molar-refractivity contribution in [1.29, 1.82) is 0 Å². The molecule has 0 spiro atoms. The zero-order chi connectivity index (χ0) is 15.1. The highest BCUT2D eigenvalue weighted by atomic mass is 16.7. The summed E-state index contributed by atoms with van der Waals surface area (Å²) in [6.07, 6.45) is 4.68. The Bertz CT molecular complexity index is 415. The second-order valence-electron chi connectivity index (χ2n) is 5.70. The predicted molar refractivity (Wildman–Crippen MR) is 86.6 cm³/mol. The molecular weight excluding hydrogens is 262 g/mol. The van der Waals surface area contributed by atoms with Crippen molar-refractivity contribution in [2.24, 2.45) is 0 Å². The molecule has 0 aromatic heterocycles. The Kier molecular flexibility index (Phi) is 6.68. The van der Waals surface area contributed by atoms with Crippen LogP contribution >= 0.6 is 0 Å². The van der Waals surface area contributed by atoms with Gasteiger partial charge in [-0.15, -0.1) is 0 Å². The molecule has 0 saturated heterocycles. The van der Waals surface area contributed by atoms with Gasteiger partial charge in [-0.3, -0.25) is 0 Å². The van der Waals surface area contributed by atoms with E-state index in [0.717, 1.165) is 6.42 Å². The highest BCUT2D eigenvalue weighted by Crippen LogP contribution is 2.35. The summed E-state index contributed by atoms with van der Waals surface area (Å²) in [5, 5.41) is 3.40. The summed E-state index contributed by atoms with van der Waals surface area (Å²) < 4.78 is 11.6. The monoisotopic (exact) mass is 291 g/mol. The molecule has 0 saturated carbocycles. The van der Waals surface area contributed by atoms with Gasteiger partial charge in [0.05, 0.1) is 6.04 Å². The number of ether oxygens (including phenoxy) is 2. The molecule has 0 aliphatic heterocycles. The van der Waals surface area contributed by atoms with Crippen LogP contribution in [0.2, 0.25) is 0 Å². The van der Waals surface area contributed by atoms with Crippen LogP contribution in [0, 0.1) is 0 Å². The maximum absolute atomic E-state index is 5.78. The van der Waals surface area contributed by atoms with Crippen LogP contribution in [-0.4, -0.2) is 32.6 Å². The van der Waals surface area contributed by atoms with Crippen LogP contribution in [0.5, 0.6) is 0 Å². The molecule has 0 fully saturated rings. The van der Waals surface area contributed by atoms with Crippen molar-refractivity contribution in [3.05, 3.63) is 35.4 Å². The smallest absolute Gasteiger partial charge is 0.172 e. The minimum atomic E-state index is -0.154. The van der Waals surface area contributed by atoms with Crippen molar-refractivity contribution in [1.82, 2.24) is 5.32 Å². The maximum Gasteiger partial charge on any atom is 0.172 e. The van der Waals surface area contributed by atoms with E-state index in [1.165, 1.54) is 30.4 Å². The molecule has 3 nitrogen and oxygen atoms in total. The third-order valence-electron chi connectivity index (χ3n) is 4.39. The van der Waals surface area contributed by atoms with Crippen LogP contribution in [0.25, 0.3) is 0 Å². The van der Waals surface area contributed by atoms with Crippen molar-refractivity contribution in [3.8, 4) is 0 Å². The molecule has 2 unspecified atom stereocenters. The summed E-state index contributed by atoms with van der Waals surface area (Å²) >= 11 is 0. The number of aryl methyl sites for hydroxylation is 1. The fourth-order valence-corrected chi connectivity index (χ4v) is 3.38. The Morgan fingerprint density at radius 2 is 1.90 bits per heavy atom. The maximum atomic E-state index is 5.78. The predicted octanol–water partition coefficient (Wildman–Crippen LogP) is 3.48. The van der Waals surface area contributed by atoms with Gasteiger partial charge in [0.15, 0.2) is 6.29 Å². The molecular formula is C18H29NO2. The van der Waals surface area contributed by atoms with Crippen LogP contribution in [0.1, 0.15) is 50.2 Å². The normalized spacial score (nSPS) is 19.5. The zero-order valence-electron chi connectivity index (χ0n) is 13.6. The van der Waals surface area contributed by atoms with Crippen LogP contribution in [0.15, 0.2) is 24.3 Å². The third-order valence-corrected chi connectivity index (χ3v) is 4.39. The fraction of sp³-hybridized carbons (Fsp3) is 0.667. The molecule has 0 heterocycles. The van der Waals surface area contributed by atoms with Crippen LogP contribution in [-0.2, 0) is 15.9 Å². The second-order valence-corrected chi connectivity index (χ2v) is 5.70. The van der Waals surface area contributed by atoms with Gasteiger partial charge in [-0.25, -0.2) is 0 Å². The Balaban J connectivity index is 2.08. The zero-order valence-corrected chi connectivity index (χ0v) is 13.6. The van der Waals surface area contributed by atoms with Crippen LogP contribution in [0.4, 0.5) is 0 Å². The van der Waals surface area contributed by atoms with E-state index in [0.29, 0.717) is 19.1 Å². The van der Waals surface area contributed by atoms with Gasteiger partial charge in [0.25, 0.3) is 0 Å². The number of fused-ring (bicyclic) bond motifs is 1. The van der Waals surface area contributed by atoms with Gasteiger partial charge in [-0.1, -0.05) is 24.3 Å². The lowest BCUT2D eigenvalue weighted by molar-refractivity contribution is -0.154. The average molecular weight is 291 g/mol. The quantitative estimate of drug-likeness (QED) is 0.744. The van der Waals surface area contributed by atoms with Crippen LogP contribution < -0.4 is 5.32 Å². The first-order chi connectivity index (χ1) is 10.3. The van der Waals surface area contributed by atoms with Gasteiger partial charge in [0.2, 0.25) is 0 Å². The van der Waals surface area contributed by atoms with Crippen molar-refractivity contribution < 1.29 is 9.47 Å². The molecule has 1 N–H and O–H groups in total. The van der Waals surface area contributed by atoms with Crippen molar-refractivity contribution >= 4 is 0 Å². The summed E-state index contributed by atoms with van der Waals surface area (Å²) in [5.41, 5.74) is 3.05. The number of rotatable bonds is 8. The summed E-state index contributed by atoms with van der Waals surface area (Å²) in [7, 11) is 2.00. The number of hydrogen-bond donors (Lipinski definition) is 1. The minimum absolute atomic E-state index is 0.154. The van der Waals surface area contributed by atoms with E-state index in [1.807, 2.05) is 20.9 Å². The summed E-state index contributed by atoms with van der Waals surface area (Å²) in [6.45, 7) is 5.41. The first-order valence-electron chi connectivity index (χ1n) is 8.28. The van der Waals surface area contributed by atoms with E-state index in [1.54, 1.807) is 0 Å². The molecule has 2 atom stereocenters. The standard InChI is InChI=1S/C18H29NO2/c1-4-20-18(21-5-2)17(19-3)13-15-11-8-10-14-9-6-7-12-16(14)15/h6-7,9,12,15,17-19H,4-5,8,10-11,13H2,1-3H3. The molecule has 3 heteroatoms. The molecule has 1 aromatic carbocycles. The van der Waals surface area contributed by atoms with Crippen molar-refractivity contribution in [3.63, 3.8) is 0 Å². The number of benzene rings is 1. The number of likely N-dealkylation sites (N-methyl/N-ethyl adjacent to an activating group) is 1. The van der Waals surface area contributed by atoms with Gasteiger partial charge >= 0.3 is 0 Å². The first-order valence-corrected chi connectivity index (χ1v) is 8.28. The van der Waals surface area contributed by atoms with Crippen LogP contribution in [0.3, 0.4) is 0 Å². The van der Waals surface area contributed by atoms with Gasteiger partial charge in [-0.05, 0) is 63.6 Å². The Hall–Kier alpha value is -0.900. The Morgan fingerprint density at radius 3 is 2.57 bits per heavy atom. The molecule has 1 aliphatic carbocycles. The summed E-state index contributed by atoms with van der Waals surface area (Å²) in [5.74, 6) is 0.607. The van der Waals surface area contributed by atoms with Crippen molar-refractivity contribution in [2.75, 3.05) is 20.3 Å². The molecule has 2 rings (SSSR count). The van der Waals surface area contributed by atoms with Gasteiger partial charge in [0, 0.05) is 13.2 Å².